The van der Waals surface area contributed by atoms with Crippen LogP contribution in [-0.4, -0.2) is 59.0 Å². The van der Waals surface area contributed by atoms with Gasteiger partial charge >= 0.3 is 0 Å². The van der Waals surface area contributed by atoms with E-state index in [2.05, 4.69) is 25.7 Å². The molecule has 3 rings (SSSR count). The number of aryl methyl sites for hydroxylation is 1. The highest BCUT2D eigenvalue weighted by molar-refractivity contribution is 7.89. The second-order valence-electron chi connectivity index (χ2n) is 7.03. The summed E-state index contributed by atoms with van der Waals surface area (Å²) in [5.41, 5.74) is 0.690. The molecule has 1 aromatic carbocycles. The monoisotopic (exact) mass is 461 g/mol. The first-order valence-corrected chi connectivity index (χ1v) is 11.2. The molecule has 0 aliphatic heterocycles. The predicted molar refractivity (Wildman–Crippen MR) is 118 cm³/mol. The van der Waals surface area contributed by atoms with Crippen molar-refractivity contribution in [3.63, 3.8) is 0 Å². The lowest BCUT2D eigenvalue weighted by molar-refractivity contribution is -0.116. The minimum atomic E-state index is -3.76. The van der Waals surface area contributed by atoms with E-state index in [0.29, 0.717) is 29.6 Å². The number of hydrogen-bond donors (Lipinski definition) is 2. The van der Waals surface area contributed by atoms with Crippen molar-refractivity contribution in [2.75, 3.05) is 31.3 Å². The molecule has 0 unspecified atom stereocenters. The Hall–Kier alpha value is -3.38. The van der Waals surface area contributed by atoms with Crippen LogP contribution < -0.4 is 10.6 Å². The quantitative estimate of drug-likeness (QED) is 0.501. The van der Waals surface area contributed by atoms with Crippen molar-refractivity contribution in [3.05, 3.63) is 54.2 Å². The number of carbonyl (C=O) groups is 1. The number of nitrogens with zero attached hydrogens (tertiary/aromatic N) is 5. The molecular weight excluding hydrogens is 437 g/mol. The normalized spacial score (nSPS) is 11.5. The molecule has 10 nitrogen and oxygen atoms in total. The van der Waals surface area contributed by atoms with Gasteiger partial charge < -0.3 is 10.6 Å². The number of sulfonamides is 1. The van der Waals surface area contributed by atoms with Gasteiger partial charge in [-0.3, -0.25) is 4.79 Å². The van der Waals surface area contributed by atoms with Crippen molar-refractivity contribution in [2.45, 2.75) is 24.7 Å². The lowest BCUT2D eigenvalue weighted by atomic mass is 10.3. The first kappa shape index (κ1) is 23.3. The van der Waals surface area contributed by atoms with Crippen LogP contribution in [0.2, 0.25) is 0 Å². The molecule has 32 heavy (non-hydrogen) atoms. The van der Waals surface area contributed by atoms with Gasteiger partial charge in [-0.2, -0.15) is 9.78 Å². The molecule has 2 heterocycles. The summed E-state index contributed by atoms with van der Waals surface area (Å²) in [6.07, 6.45) is 1.79. The Morgan fingerprint density at radius 1 is 1.19 bits per heavy atom. The van der Waals surface area contributed by atoms with Gasteiger partial charge in [-0.15, -0.1) is 0 Å². The number of halogens is 1. The number of benzene rings is 1. The van der Waals surface area contributed by atoms with E-state index in [1.807, 2.05) is 0 Å². The van der Waals surface area contributed by atoms with E-state index in [1.54, 1.807) is 26.1 Å². The highest BCUT2D eigenvalue weighted by atomic mass is 32.2. The highest BCUT2D eigenvalue weighted by Gasteiger charge is 2.21. The molecule has 0 fully saturated rings. The Balaban J connectivity index is 1.60. The van der Waals surface area contributed by atoms with Gasteiger partial charge in [0.1, 0.15) is 23.8 Å². The van der Waals surface area contributed by atoms with Crippen LogP contribution in [0.15, 0.2) is 47.6 Å². The fraction of sp³-hybridized carbons (Fsp3) is 0.300. The molecule has 0 saturated carbocycles. The number of rotatable bonds is 9. The molecule has 2 aromatic heterocycles. The van der Waals surface area contributed by atoms with Crippen LogP contribution in [0.1, 0.15) is 18.5 Å². The molecule has 1 amide bonds. The maximum atomic E-state index is 13.1. The molecular formula is C20H24FN7O3S. The largest absolute Gasteiger partial charge is 0.373 e. The predicted octanol–water partition coefficient (Wildman–Crippen LogP) is 2.19. The van der Waals surface area contributed by atoms with Crippen molar-refractivity contribution < 1.29 is 17.6 Å². The van der Waals surface area contributed by atoms with Crippen LogP contribution in [0.3, 0.4) is 0 Å². The summed E-state index contributed by atoms with van der Waals surface area (Å²) in [7, 11) is -0.605. The smallest absolute Gasteiger partial charge is 0.242 e. The second-order valence-corrected chi connectivity index (χ2v) is 9.07. The third-order valence-electron chi connectivity index (χ3n) is 4.62. The fourth-order valence-electron chi connectivity index (χ4n) is 2.94. The first-order valence-electron chi connectivity index (χ1n) is 9.79. The lowest BCUT2D eigenvalue weighted by Gasteiger charge is -2.17. The van der Waals surface area contributed by atoms with Gasteiger partial charge in [0.05, 0.1) is 10.6 Å². The average Bonchev–Trinajstić information content (AvgIpc) is 3.13. The number of hydrogen-bond acceptors (Lipinski definition) is 7. The van der Waals surface area contributed by atoms with E-state index in [9.17, 15) is 17.6 Å². The van der Waals surface area contributed by atoms with Crippen molar-refractivity contribution in [3.8, 4) is 5.82 Å². The van der Waals surface area contributed by atoms with Crippen molar-refractivity contribution in [2.24, 2.45) is 0 Å². The Bertz CT molecular complexity index is 1200. The summed E-state index contributed by atoms with van der Waals surface area (Å²) in [5, 5.41) is 10.1. The zero-order chi connectivity index (χ0) is 23.3. The average molecular weight is 462 g/mol. The number of aromatic nitrogens is 4. The Morgan fingerprint density at radius 3 is 2.59 bits per heavy atom. The van der Waals surface area contributed by atoms with Gasteiger partial charge in [0.2, 0.25) is 15.9 Å². The second kappa shape index (κ2) is 9.83. The molecule has 0 saturated heterocycles. The molecule has 3 aromatic rings. The summed E-state index contributed by atoms with van der Waals surface area (Å²) in [4.78, 5) is 20.7. The minimum Gasteiger partial charge on any atom is -0.373 e. The standard InChI is InChI=1S/C20H24FN7O3S/c1-14-11-19(28(26-14)18-12-17(22-2)23-13-24-18)25-20(29)5-4-10-27(3)32(30,31)16-8-6-15(21)7-9-16/h6-9,11-13H,4-5,10H2,1-3H3,(H,25,29)(H,22,23,24). The molecule has 0 bridgehead atoms. The van der Waals surface area contributed by atoms with Crippen molar-refractivity contribution >= 4 is 27.6 Å². The molecule has 0 aliphatic rings. The third-order valence-corrected chi connectivity index (χ3v) is 6.49. The van der Waals surface area contributed by atoms with Crippen LogP contribution in [0.25, 0.3) is 5.82 Å². The molecule has 12 heteroatoms. The molecule has 0 aliphatic carbocycles. The fourth-order valence-corrected chi connectivity index (χ4v) is 4.15. The van der Waals surface area contributed by atoms with Gasteiger partial charge in [0, 0.05) is 39.2 Å². The topological polar surface area (TPSA) is 122 Å². The Morgan fingerprint density at radius 2 is 1.91 bits per heavy atom. The van der Waals surface area contributed by atoms with Crippen LogP contribution >= 0.6 is 0 Å². The maximum Gasteiger partial charge on any atom is 0.242 e. The zero-order valence-corrected chi connectivity index (χ0v) is 18.7. The van der Waals surface area contributed by atoms with E-state index in [4.69, 9.17) is 0 Å². The molecule has 0 spiro atoms. The van der Waals surface area contributed by atoms with Crippen LogP contribution in [0.4, 0.5) is 16.0 Å². The SMILES string of the molecule is CNc1cc(-n2nc(C)cc2NC(=O)CCCN(C)S(=O)(=O)c2ccc(F)cc2)ncn1. The first-order chi connectivity index (χ1) is 15.2. The van der Waals surface area contributed by atoms with Gasteiger partial charge in [0.25, 0.3) is 0 Å². The maximum absolute atomic E-state index is 13.1. The summed E-state index contributed by atoms with van der Waals surface area (Å²) >= 11 is 0. The number of amides is 1. The summed E-state index contributed by atoms with van der Waals surface area (Å²) < 4.78 is 40.8. The summed E-state index contributed by atoms with van der Waals surface area (Å²) in [6.45, 7) is 1.92. The van der Waals surface area contributed by atoms with E-state index in [-0.39, 0.29) is 23.8 Å². The van der Waals surface area contributed by atoms with Gasteiger partial charge in [-0.05, 0) is 37.6 Å². The van der Waals surface area contributed by atoms with Gasteiger partial charge in [0.15, 0.2) is 5.82 Å². The van der Waals surface area contributed by atoms with Crippen LogP contribution in [-0.2, 0) is 14.8 Å². The number of anilines is 2. The Labute approximate surface area is 185 Å². The van der Waals surface area contributed by atoms with Gasteiger partial charge in [-0.1, -0.05) is 0 Å². The van der Waals surface area contributed by atoms with Crippen LogP contribution in [0, 0.1) is 12.7 Å². The van der Waals surface area contributed by atoms with Crippen LogP contribution in [0.5, 0.6) is 0 Å². The summed E-state index contributed by atoms with van der Waals surface area (Å²) in [5.74, 6) is 0.729. The van der Waals surface area contributed by atoms with Gasteiger partial charge in [-0.25, -0.2) is 27.1 Å². The van der Waals surface area contributed by atoms with E-state index >= 15 is 0 Å². The Kier molecular flexibility index (Phi) is 7.15. The highest BCUT2D eigenvalue weighted by Crippen LogP contribution is 2.18. The molecule has 170 valence electrons. The number of carbonyl (C=O) groups excluding carboxylic acids is 1. The molecule has 2 N–H and O–H groups in total. The molecule has 0 radical (unpaired) electrons. The van der Waals surface area contributed by atoms with Crippen molar-refractivity contribution in [1.82, 2.24) is 24.1 Å². The molecule has 0 atom stereocenters. The zero-order valence-electron chi connectivity index (χ0n) is 17.9. The van der Waals surface area contributed by atoms with E-state index in [1.165, 1.54) is 30.2 Å². The van der Waals surface area contributed by atoms with E-state index < -0.39 is 15.8 Å². The minimum absolute atomic E-state index is 0.00369. The summed E-state index contributed by atoms with van der Waals surface area (Å²) in [6, 6.07) is 8.02. The third kappa shape index (κ3) is 5.45. The lowest BCUT2D eigenvalue weighted by Crippen LogP contribution is -2.28. The van der Waals surface area contributed by atoms with E-state index in [0.717, 1.165) is 16.4 Å². The number of nitrogens with one attached hydrogen (secondary N) is 2. The van der Waals surface area contributed by atoms with Crippen molar-refractivity contribution in [1.29, 1.82) is 0 Å².